The summed E-state index contributed by atoms with van der Waals surface area (Å²) in [6, 6.07) is 7.99. The summed E-state index contributed by atoms with van der Waals surface area (Å²) in [5, 5.41) is 2.41. The molecule has 0 fully saturated rings. The first-order valence-corrected chi connectivity index (χ1v) is 9.34. The zero-order valence-corrected chi connectivity index (χ0v) is 16.7. The molecule has 0 radical (unpaired) electrons. The Bertz CT molecular complexity index is 667. The summed E-state index contributed by atoms with van der Waals surface area (Å²) >= 11 is 1.01. The van der Waals surface area contributed by atoms with Crippen LogP contribution in [-0.4, -0.2) is 54.9 Å². The summed E-state index contributed by atoms with van der Waals surface area (Å²) in [5.41, 5.74) is -0.0476. The summed E-state index contributed by atoms with van der Waals surface area (Å²) in [6.45, 7) is 2.28. The van der Waals surface area contributed by atoms with Gasteiger partial charge in [-0.1, -0.05) is 30.3 Å². The van der Waals surface area contributed by atoms with Crippen LogP contribution >= 0.6 is 11.8 Å². The number of alkyl carbamates (subject to hydrolysis) is 1. The van der Waals surface area contributed by atoms with Crippen LogP contribution in [0.15, 0.2) is 30.3 Å². The predicted octanol–water partition coefficient (Wildman–Crippen LogP) is 1.64. The monoisotopic (exact) mass is 413 g/mol. The Kier molecular flexibility index (Phi) is 10.5. The van der Waals surface area contributed by atoms with Gasteiger partial charge in [0.1, 0.15) is 19.3 Å². The van der Waals surface area contributed by atoms with Crippen molar-refractivity contribution in [3.8, 4) is 0 Å². The van der Waals surface area contributed by atoms with Crippen molar-refractivity contribution in [1.29, 1.82) is 0 Å². The number of esters is 3. The van der Waals surface area contributed by atoms with Gasteiger partial charge in [0.15, 0.2) is 5.44 Å². The average molecular weight is 413 g/mol. The van der Waals surface area contributed by atoms with E-state index in [1.165, 1.54) is 21.0 Å². The Balaban J connectivity index is 2.59. The largest absolute Gasteiger partial charge is 0.467 e. The van der Waals surface area contributed by atoms with Gasteiger partial charge < -0.3 is 24.3 Å². The first-order chi connectivity index (χ1) is 13.3. The van der Waals surface area contributed by atoms with Crippen molar-refractivity contribution in [3.63, 3.8) is 0 Å². The van der Waals surface area contributed by atoms with Crippen molar-refractivity contribution in [3.05, 3.63) is 35.9 Å². The SMILES string of the molecule is COC(=O)[C@H](CS[C@H](COC(C)=O)OC(C)=O)NC(=O)OCc1ccccc1. The van der Waals surface area contributed by atoms with E-state index in [-0.39, 0.29) is 19.0 Å². The molecule has 1 aromatic carbocycles. The fourth-order valence-electron chi connectivity index (χ4n) is 1.91. The lowest BCUT2D eigenvalue weighted by molar-refractivity contribution is -0.151. The highest BCUT2D eigenvalue weighted by Gasteiger charge is 2.25. The Morgan fingerprint density at radius 1 is 1.04 bits per heavy atom. The number of hydrogen-bond acceptors (Lipinski definition) is 9. The molecule has 1 amide bonds. The number of nitrogens with one attached hydrogen (secondary N) is 1. The Labute approximate surface area is 167 Å². The van der Waals surface area contributed by atoms with E-state index in [1.54, 1.807) is 12.1 Å². The number of amides is 1. The van der Waals surface area contributed by atoms with E-state index in [0.717, 1.165) is 17.3 Å². The van der Waals surface area contributed by atoms with Crippen LogP contribution in [0.5, 0.6) is 0 Å². The number of hydrogen-bond donors (Lipinski definition) is 1. The van der Waals surface area contributed by atoms with Crippen LogP contribution < -0.4 is 5.32 Å². The maximum absolute atomic E-state index is 12.0. The second-order valence-electron chi connectivity index (χ2n) is 5.46. The molecule has 1 N–H and O–H groups in total. The summed E-state index contributed by atoms with van der Waals surface area (Å²) in [5.74, 6) is -1.80. The number of carbonyl (C=O) groups excluding carboxylic acids is 4. The third-order valence-corrected chi connectivity index (χ3v) is 4.29. The van der Waals surface area contributed by atoms with Crippen molar-refractivity contribution >= 4 is 35.8 Å². The van der Waals surface area contributed by atoms with Crippen LogP contribution in [0.25, 0.3) is 0 Å². The van der Waals surface area contributed by atoms with Gasteiger partial charge in [-0.05, 0) is 5.56 Å². The minimum Gasteiger partial charge on any atom is -0.467 e. The molecule has 0 spiro atoms. The Morgan fingerprint density at radius 3 is 2.29 bits per heavy atom. The normalized spacial score (nSPS) is 12.2. The molecule has 9 nitrogen and oxygen atoms in total. The highest BCUT2D eigenvalue weighted by atomic mass is 32.2. The number of carbonyl (C=O) groups is 4. The first kappa shape index (κ1) is 23.3. The third kappa shape index (κ3) is 9.81. The van der Waals surface area contributed by atoms with Crippen molar-refractivity contribution < 1.29 is 38.1 Å². The van der Waals surface area contributed by atoms with Crippen LogP contribution in [0.3, 0.4) is 0 Å². The van der Waals surface area contributed by atoms with Crippen LogP contribution in [0.1, 0.15) is 19.4 Å². The maximum Gasteiger partial charge on any atom is 0.408 e. The second-order valence-corrected chi connectivity index (χ2v) is 6.65. The fourth-order valence-corrected chi connectivity index (χ4v) is 2.90. The van der Waals surface area contributed by atoms with Crippen molar-refractivity contribution in [2.45, 2.75) is 31.9 Å². The molecule has 10 heteroatoms. The van der Waals surface area contributed by atoms with Crippen LogP contribution in [0, 0.1) is 0 Å². The number of methoxy groups -OCH3 is 1. The van der Waals surface area contributed by atoms with Gasteiger partial charge in [0, 0.05) is 19.6 Å². The molecule has 0 aliphatic carbocycles. The highest BCUT2D eigenvalue weighted by Crippen LogP contribution is 2.16. The number of benzene rings is 1. The van der Waals surface area contributed by atoms with Crippen molar-refractivity contribution in [1.82, 2.24) is 5.32 Å². The van der Waals surface area contributed by atoms with Crippen molar-refractivity contribution in [2.24, 2.45) is 0 Å². The van der Waals surface area contributed by atoms with Gasteiger partial charge in [0.05, 0.1) is 7.11 Å². The molecular formula is C18H23NO8S. The van der Waals surface area contributed by atoms with E-state index in [0.29, 0.717) is 0 Å². The zero-order valence-electron chi connectivity index (χ0n) is 15.8. The fraction of sp³-hybridized carbons (Fsp3) is 0.444. The standard InChI is InChI=1S/C18H23NO8S/c1-12(20)25-10-16(27-13(2)21)28-11-15(17(22)24-3)19-18(23)26-9-14-7-5-4-6-8-14/h4-8,15-16H,9-11H2,1-3H3,(H,19,23)/t15-,16+/m0/s1. The summed E-state index contributed by atoms with van der Waals surface area (Å²) in [4.78, 5) is 46.0. The quantitative estimate of drug-likeness (QED) is 0.347. The van der Waals surface area contributed by atoms with Crippen LogP contribution in [0.4, 0.5) is 4.79 Å². The number of ether oxygens (including phenoxy) is 4. The van der Waals surface area contributed by atoms with Gasteiger partial charge in [0.25, 0.3) is 0 Å². The smallest absolute Gasteiger partial charge is 0.408 e. The molecule has 28 heavy (non-hydrogen) atoms. The topological polar surface area (TPSA) is 117 Å². The summed E-state index contributed by atoms with van der Waals surface area (Å²) in [6.07, 6.45) is -0.802. The zero-order chi connectivity index (χ0) is 20.9. The van der Waals surface area contributed by atoms with Gasteiger partial charge >= 0.3 is 24.0 Å². The minimum atomic E-state index is -1.05. The van der Waals surface area contributed by atoms with Gasteiger partial charge in [-0.2, -0.15) is 0 Å². The van der Waals surface area contributed by atoms with Gasteiger partial charge in [0.2, 0.25) is 0 Å². The molecule has 0 aliphatic rings. The Hall–Kier alpha value is -2.75. The van der Waals surface area contributed by atoms with E-state index in [9.17, 15) is 19.2 Å². The first-order valence-electron chi connectivity index (χ1n) is 8.29. The lowest BCUT2D eigenvalue weighted by Crippen LogP contribution is -2.44. The molecule has 1 rings (SSSR count). The number of thioether (sulfide) groups is 1. The maximum atomic E-state index is 12.0. The van der Waals surface area contributed by atoms with Crippen LogP contribution in [-0.2, 0) is 39.9 Å². The average Bonchev–Trinajstić information content (AvgIpc) is 2.67. The molecule has 0 saturated carbocycles. The molecule has 0 heterocycles. The van der Waals surface area contributed by atoms with E-state index < -0.39 is 35.5 Å². The van der Waals surface area contributed by atoms with Gasteiger partial charge in [-0.15, -0.1) is 11.8 Å². The molecule has 0 unspecified atom stereocenters. The predicted molar refractivity (Wildman–Crippen MR) is 100 cm³/mol. The summed E-state index contributed by atoms with van der Waals surface area (Å²) < 4.78 is 19.6. The molecule has 154 valence electrons. The lowest BCUT2D eigenvalue weighted by atomic mass is 10.2. The van der Waals surface area contributed by atoms with E-state index >= 15 is 0 Å². The molecule has 0 bridgehead atoms. The molecular weight excluding hydrogens is 390 g/mol. The highest BCUT2D eigenvalue weighted by molar-refractivity contribution is 7.99. The Morgan fingerprint density at radius 2 is 1.71 bits per heavy atom. The van der Waals surface area contributed by atoms with Gasteiger partial charge in [-0.25, -0.2) is 9.59 Å². The number of rotatable bonds is 10. The minimum absolute atomic E-state index is 0.00627. The molecule has 0 aromatic heterocycles. The van der Waals surface area contributed by atoms with E-state index in [2.05, 4.69) is 10.1 Å². The second kappa shape index (κ2) is 12.6. The van der Waals surface area contributed by atoms with Gasteiger partial charge in [-0.3, -0.25) is 9.59 Å². The van der Waals surface area contributed by atoms with Crippen molar-refractivity contribution in [2.75, 3.05) is 19.5 Å². The lowest BCUT2D eigenvalue weighted by Gasteiger charge is -2.20. The van der Waals surface area contributed by atoms with E-state index in [4.69, 9.17) is 14.2 Å². The third-order valence-electron chi connectivity index (χ3n) is 3.16. The molecule has 2 atom stereocenters. The molecule has 1 aromatic rings. The van der Waals surface area contributed by atoms with Crippen LogP contribution in [0.2, 0.25) is 0 Å². The molecule has 0 aliphatic heterocycles. The molecule has 0 saturated heterocycles. The summed E-state index contributed by atoms with van der Waals surface area (Å²) in [7, 11) is 1.18. The van der Waals surface area contributed by atoms with E-state index in [1.807, 2.05) is 18.2 Å².